The van der Waals surface area contributed by atoms with Gasteiger partial charge in [0, 0.05) is 25.0 Å². The summed E-state index contributed by atoms with van der Waals surface area (Å²) in [5, 5.41) is 6.93. The summed E-state index contributed by atoms with van der Waals surface area (Å²) in [6.07, 6.45) is 9.28. The Morgan fingerprint density at radius 3 is 3.05 bits per heavy atom. The van der Waals surface area contributed by atoms with Gasteiger partial charge in [-0.15, -0.1) is 0 Å². The van der Waals surface area contributed by atoms with Crippen LogP contribution in [0.25, 0.3) is 5.65 Å². The summed E-state index contributed by atoms with van der Waals surface area (Å²) in [4.78, 5) is 9.10. The SMILES string of the molecule is CCCNc1cn2ccnc2c(NC2CCSCC2)n1. The van der Waals surface area contributed by atoms with E-state index in [2.05, 4.69) is 22.5 Å². The molecular formula is C14H21N5S. The minimum atomic E-state index is 0.519. The fourth-order valence-electron chi connectivity index (χ4n) is 2.40. The Labute approximate surface area is 123 Å². The van der Waals surface area contributed by atoms with E-state index in [-0.39, 0.29) is 0 Å². The first-order valence-corrected chi connectivity index (χ1v) is 8.44. The summed E-state index contributed by atoms with van der Waals surface area (Å²) in [6.45, 7) is 3.09. The standard InChI is InChI=1S/C14H21N5S/c1-2-5-15-12-10-19-7-6-16-14(19)13(18-12)17-11-3-8-20-9-4-11/h6-7,10-11,15H,2-5,8-9H2,1H3,(H,17,18). The van der Waals surface area contributed by atoms with E-state index in [4.69, 9.17) is 4.98 Å². The normalized spacial score (nSPS) is 16.4. The molecule has 1 fully saturated rings. The molecule has 0 spiro atoms. The quantitative estimate of drug-likeness (QED) is 0.887. The number of aromatic nitrogens is 3. The molecule has 0 atom stereocenters. The highest BCUT2D eigenvalue weighted by atomic mass is 32.2. The third-order valence-electron chi connectivity index (χ3n) is 3.49. The maximum atomic E-state index is 4.69. The average molecular weight is 291 g/mol. The monoisotopic (exact) mass is 291 g/mol. The molecule has 5 nitrogen and oxygen atoms in total. The summed E-state index contributed by atoms with van der Waals surface area (Å²) >= 11 is 2.04. The zero-order valence-corrected chi connectivity index (χ0v) is 12.6. The molecule has 0 bridgehead atoms. The van der Waals surface area contributed by atoms with Gasteiger partial charge in [0.25, 0.3) is 0 Å². The number of hydrogen-bond acceptors (Lipinski definition) is 5. The minimum absolute atomic E-state index is 0.519. The first-order valence-electron chi connectivity index (χ1n) is 7.28. The second-order valence-electron chi connectivity index (χ2n) is 5.09. The molecule has 6 heteroatoms. The molecule has 1 saturated heterocycles. The van der Waals surface area contributed by atoms with E-state index < -0.39 is 0 Å². The van der Waals surface area contributed by atoms with Crippen molar-refractivity contribution in [1.29, 1.82) is 0 Å². The van der Waals surface area contributed by atoms with Crippen molar-refractivity contribution in [3.8, 4) is 0 Å². The van der Waals surface area contributed by atoms with Gasteiger partial charge >= 0.3 is 0 Å². The zero-order chi connectivity index (χ0) is 13.8. The van der Waals surface area contributed by atoms with E-state index >= 15 is 0 Å². The smallest absolute Gasteiger partial charge is 0.180 e. The number of nitrogens with zero attached hydrogens (tertiary/aromatic N) is 3. The van der Waals surface area contributed by atoms with Gasteiger partial charge < -0.3 is 15.0 Å². The Morgan fingerprint density at radius 2 is 2.25 bits per heavy atom. The van der Waals surface area contributed by atoms with Crippen molar-refractivity contribution in [3.63, 3.8) is 0 Å². The molecule has 1 aliphatic heterocycles. The molecule has 20 heavy (non-hydrogen) atoms. The van der Waals surface area contributed by atoms with Crippen LogP contribution in [0.4, 0.5) is 11.6 Å². The lowest BCUT2D eigenvalue weighted by Crippen LogP contribution is -2.25. The third-order valence-corrected chi connectivity index (χ3v) is 4.54. The van der Waals surface area contributed by atoms with Crippen molar-refractivity contribution in [3.05, 3.63) is 18.6 Å². The molecule has 0 amide bonds. The van der Waals surface area contributed by atoms with Gasteiger partial charge in [-0.3, -0.25) is 0 Å². The van der Waals surface area contributed by atoms with Gasteiger partial charge in [-0.05, 0) is 30.8 Å². The molecule has 1 aliphatic rings. The molecule has 108 valence electrons. The summed E-state index contributed by atoms with van der Waals surface area (Å²) in [6, 6.07) is 0.519. The maximum absolute atomic E-state index is 4.69. The van der Waals surface area contributed by atoms with Crippen LogP contribution in [0.3, 0.4) is 0 Å². The summed E-state index contributed by atoms with van der Waals surface area (Å²) < 4.78 is 2.03. The van der Waals surface area contributed by atoms with Crippen LogP contribution in [0.15, 0.2) is 18.6 Å². The third kappa shape index (κ3) is 3.00. The van der Waals surface area contributed by atoms with Crippen molar-refractivity contribution < 1.29 is 0 Å². The van der Waals surface area contributed by atoms with E-state index in [0.717, 1.165) is 30.2 Å². The second-order valence-corrected chi connectivity index (χ2v) is 6.32. The van der Waals surface area contributed by atoms with Gasteiger partial charge in [-0.25, -0.2) is 9.97 Å². The van der Waals surface area contributed by atoms with Crippen LogP contribution in [-0.4, -0.2) is 38.5 Å². The molecule has 2 N–H and O–H groups in total. The van der Waals surface area contributed by atoms with E-state index in [1.54, 1.807) is 0 Å². The number of anilines is 2. The highest BCUT2D eigenvalue weighted by Crippen LogP contribution is 2.23. The van der Waals surface area contributed by atoms with Crippen molar-refractivity contribution in [2.75, 3.05) is 28.7 Å². The van der Waals surface area contributed by atoms with Gasteiger partial charge in [-0.1, -0.05) is 6.92 Å². The van der Waals surface area contributed by atoms with E-state index in [9.17, 15) is 0 Å². The van der Waals surface area contributed by atoms with Crippen LogP contribution in [0, 0.1) is 0 Å². The highest BCUT2D eigenvalue weighted by molar-refractivity contribution is 7.99. The number of rotatable bonds is 5. The van der Waals surface area contributed by atoms with Crippen LogP contribution in [0.1, 0.15) is 26.2 Å². The molecule has 0 aliphatic carbocycles. The van der Waals surface area contributed by atoms with Crippen molar-refractivity contribution in [2.24, 2.45) is 0 Å². The lowest BCUT2D eigenvalue weighted by atomic mass is 10.1. The van der Waals surface area contributed by atoms with Gasteiger partial charge in [0.2, 0.25) is 0 Å². The first kappa shape index (κ1) is 13.5. The fraction of sp³-hybridized carbons (Fsp3) is 0.571. The Balaban J connectivity index is 1.84. The minimum Gasteiger partial charge on any atom is -0.369 e. The summed E-state index contributed by atoms with van der Waals surface area (Å²) in [5.74, 6) is 4.27. The van der Waals surface area contributed by atoms with E-state index in [1.807, 2.05) is 34.8 Å². The Bertz CT molecular complexity index is 562. The Kier molecular flexibility index (Phi) is 4.30. The summed E-state index contributed by atoms with van der Waals surface area (Å²) in [5.41, 5.74) is 0.908. The van der Waals surface area contributed by atoms with E-state index in [1.165, 1.54) is 24.3 Å². The molecule has 0 saturated carbocycles. The molecule has 2 aromatic heterocycles. The van der Waals surface area contributed by atoms with Crippen LogP contribution in [-0.2, 0) is 0 Å². The number of hydrogen-bond donors (Lipinski definition) is 2. The van der Waals surface area contributed by atoms with Gasteiger partial charge in [-0.2, -0.15) is 11.8 Å². The Hall–Kier alpha value is -1.43. The maximum Gasteiger partial charge on any atom is 0.180 e. The predicted octanol–water partition coefficient (Wildman–Crippen LogP) is 2.86. The molecule has 0 aromatic carbocycles. The highest BCUT2D eigenvalue weighted by Gasteiger charge is 2.16. The molecule has 0 radical (unpaired) electrons. The number of nitrogens with one attached hydrogen (secondary N) is 2. The van der Waals surface area contributed by atoms with Crippen molar-refractivity contribution >= 4 is 29.0 Å². The van der Waals surface area contributed by atoms with E-state index in [0.29, 0.717) is 6.04 Å². The molecule has 3 heterocycles. The molecule has 3 rings (SSSR count). The second kappa shape index (κ2) is 6.35. The van der Waals surface area contributed by atoms with Gasteiger partial charge in [0.05, 0.1) is 6.20 Å². The Morgan fingerprint density at radius 1 is 1.40 bits per heavy atom. The topological polar surface area (TPSA) is 54.2 Å². The van der Waals surface area contributed by atoms with Gasteiger partial charge in [0.15, 0.2) is 11.5 Å². The zero-order valence-electron chi connectivity index (χ0n) is 11.8. The molecular weight excluding hydrogens is 270 g/mol. The predicted molar refractivity (Wildman–Crippen MR) is 85.7 cm³/mol. The number of imidazole rings is 1. The van der Waals surface area contributed by atoms with Gasteiger partial charge in [0.1, 0.15) is 5.82 Å². The van der Waals surface area contributed by atoms with Crippen molar-refractivity contribution in [2.45, 2.75) is 32.2 Å². The lowest BCUT2D eigenvalue weighted by molar-refractivity contribution is 0.664. The van der Waals surface area contributed by atoms with Crippen LogP contribution in [0.5, 0.6) is 0 Å². The fourth-order valence-corrected chi connectivity index (χ4v) is 3.51. The average Bonchev–Trinajstić information content (AvgIpc) is 2.95. The van der Waals surface area contributed by atoms with Crippen LogP contribution < -0.4 is 10.6 Å². The lowest BCUT2D eigenvalue weighted by Gasteiger charge is -2.23. The van der Waals surface area contributed by atoms with Crippen molar-refractivity contribution in [1.82, 2.24) is 14.4 Å². The molecule has 0 unspecified atom stereocenters. The largest absolute Gasteiger partial charge is 0.369 e. The number of fused-ring (bicyclic) bond motifs is 1. The van der Waals surface area contributed by atoms with Crippen LogP contribution in [0.2, 0.25) is 0 Å². The van der Waals surface area contributed by atoms with Crippen LogP contribution >= 0.6 is 11.8 Å². The summed E-state index contributed by atoms with van der Waals surface area (Å²) in [7, 11) is 0. The molecule has 2 aromatic rings. The first-order chi connectivity index (χ1) is 9.86. The number of thioether (sulfide) groups is 1.